The highest BCUT2D eigenvalue weighted by Gasteiger charge is 2.24. The molecule has 0 spiro atoms. The number of carbonyl (C=O) groups is 2. The summed E-state index contributed by atoms with van der Waals surface area (Å²) in [5.41, 5.74) is -0.0170. The number of carboxylic acid groups (broad SMARTS) is 1. The van der Waals surface area contributed by atoms with Crippen LogP contribution in [-0.2, 0) is 4.74 Å². The molecular weight excluding hydrogens is 248 g/mol. The van der Waals surface area contributed by atoms with Crippen LogP contribution in [0.1, 0.15) is 34.3 Å². The number of carbonyl (C=O) groups excluding carboxylic acids is 1. The normalized spacial score (nSPS) is 22.2. The number of aromatic carboxylic acids is 1. The van der Waals surface area contributed by atoms with Gasteiger partial charge in [-0.05, 0) is 25.5 Å². The quantitative estimate of drug-likeness (QED) is 0.844. The molecule has 6 heteroatoms. The summed E-state index contributed by atoms with van der Waals surface area (Å²) >= 11 is 0. The van der Waals surface area contributed by atoms with E-state index in [1.165, 1.54) is 18.2 Å². The lowest BCUT2D eigenvalue weighted by molar-refractivity contribution is 0.0690. The first-order chi connectivity index (χ1) is 9.08. The van der Waals surface area contributed by atoms with Crippen LogP contribution in [0.25, 0.3) is 0 Å². The molecule has 1 fully saturated rings. The Kier molecular flexibility index (Phi) is 4.11. The van der Waals surface area contributed by atoms with Crippen LogP contribution in [0.15, 0.2) is 18.2 Å². The molecule has 0 aliphatic carbocycles. The van der Waals surface area contributed by atoms with Crippen molar-refractivity contribution in [3.63, 3.8) is 0 Å². The monoisotopic (exact) mass is 264 g/mol. The topological polar surface area (TPSA) is 88.5 Å². The molecule has 1 aliphatic rings. The molecule has 6 nitrogen and oxygen atoms in total. The Hall–Kier alpha value is -1.95. The molecule has 1 amide bonds. The summed E-state index contributed by atoms with van der Waals surface area (Å²) in [5.74, 6) is -1.21. The lowest BCUT2D eigenvalue weighted by atomic mass is 10.0. The van der Waals surface area contributed by atoms with Gasteiger partial charge in [0.15, 0.2) is 0 Å². The maximum absolute atomic E-state index is 11.9. The molecule has 1 aromatic rings. The van der Waals surface area contributed by atoms with Crippen LogP contribution in [0.4, 0.5) is 0 Å². The lowest BCUT2D eigenvalue weighted by Crippen LogP contribution is -2.32. The molecule has 19 heavy (non-hydrogen) atoms. The maximum atomic E-state index is 11.9. The van der Waals surface area contributed by atoms with E-state index in [0.29, 0.717) is 19.1 Å². The van der Waals surface area contributed by atoms with Crippen molar-refractivity contribution in [1.82, 2.24) is 10.3 Å². The SMILES string of the molecule is CC1OCCC1CNC(=O)c1cccc(C(=O)O)n1. The van der Waals surface area contributed by atoms with Gasteiger partial charge in [0.25, 0.3) is 5.91 Å². The summed E-state index contributed by atoms with van der Waals surface area (Å²) in [5, 5.41) is 11.6. The van der Waals surface area contributed by atoms with Gasteiger partial charge in [0, 0.05) is 19.1 Å². The van der Waals surface area contributed by atoms with Crippen LogP contribution in [0.5, 0.6) is 0 Å². The third kappa shape index (κ3) is 3.29. The van der Waals surface area contributed by atoms with Gasteiger partial charge in [0.1, 0.15) is 11.4 Å². The molecule has 1 aromatic heterocycles. The van der Waals surface area contributed by atoms with Crippen molar-refractivity contribution in [3.05, 3.63) is 29.6 Å². The van der Waals surface area contributed by atoms with Gasteiger partial charge in [0.2, 0.25) is 0 Å². The Bertz CT molecular complexity index is 489. The lowest BCUT2D eigenvalue weighted by Gasteiger charge is -2.14. The molecule has 2 N–H and O–H groups in total. The second kappa shape index (κ2) is 5.79. The molecule has 0 aromatic carbocycles. The van der Waals surface area contributed by atoms with Crippen LogP contribution in [-0.4, -0.2) is 41.2 Å². The molecule has 2 atom stereocenters. The maximum Gasteiger partial charge on any atom is 0.354 e. The number of ether oxygens (including phenoxy) is 1. The van der Waals surface area contributed by atoms with Crippen molar-refractivity contribution in [2.45, 2.75) is 19.4 Å². The van der Waals surface area contributed by atoms with E-state index in [9.17, 15) is 9.59 Å². The zero-order chi connectivity index (χ0) is 13.8. The van der Waals surface area contributed by atoms with E-state index in [4.69, 9.17) is 9.84 Å². The summed E-state index contributed by atoms with van der Waals surface area (Å²) < 4.78 is 5.41. The fourth-order valence-corrected chi connectivity index (χ4v) is 2.04. The van der Waals surface area contributed by atoms with Crippen molar-refractivity contribution >= 4 is 11.9 Å². The van der Waals surface area contributed by atoms with E-state index in [2.05, 4.69) is 10.3 Å². The highest BCUT2D eigenvalue weighted by molar-refractivity contribution is 5.94. The number of carboxylic acids is 1. The number of nitrogens with zero attached hydrogens (tertiary/aromatic N) is 1. The molecule has 0 radical (unpaired) electrons. The Balaban J connectivity index is 1.96. The minimum Gasteiger partial charge on any atom is -0.477 e. The molecule has 2 heterocycles. The molecule has 0 saturated carbocycles. The molecule has 1 saturated heterocycles. The van der Waals surface area contributed by atoms with Crippen molar-refractivity contribution < 1.29 is 19.4 Å². The Labute approximate surface area is 110 Å². The largest absolute Gasteiger partial charge is 0.477 e. The highest BCUT2D eigenvalue weighted by Crippen LogP contribution is 2.19. The number of nitrogens with one attached hydrogen (secondary N) is 1. The van der Waals surface area contributed by atoms with Crippen LogP contribution in [0, 0.1) is 5.92 Å². The Morgan fingerprint density at radius 2 is 2.21 bits per heavy atom. The van der Waals surface area contributed by atoms with Gasteiger partial charge in [-0.2, -0.15) is 0 Å². The van der Waals surface area contributed by atoms with E-state index in [1.54, 1.807) is 0 Å². The molecule has 0 bridgehead atoms. The molecule has 2 rings (SSSR count). The van der Waals surface area contributed by atoms with Crippen LogP contribution < -0.4 is 5.32 Å². The second-order valence-corrected chi connectivity index (χ2v) is 4.55. The van der Waals surface area contributed by atoms with Crippen LogP contribution >= 0.6 is 0 Å². The van der Waals surface area contributed by atoms with Crippen molar-refractivity contribution in [2.24, 2.45) is 5.92 Å². The molecule has 2 unspecified atom stereocenters. The van der Waals surface area contributed by atoms with Gasteiger partial charge in [-0.15, -0.1) is 0 Å². The van der Waals surface area contributed by atoms with Gasteiger partial charge in [-0.25, -0.2) is 9.78 Å². The highest BCUT2D eigenvalue weighted by atomic mass is 16.5. The second-order valence-electron chi connectivity index (χ2n) is 4.55. The molecular formula is C13H16N2O4. The van der Waals surface area contributed by atoms with Crippen LogP contribution in [0.3, 0.4) is 0 Å². The third-order valence-electron chi connectivity index (χ3n) is 3.26. The van der Waals surface area contributed by atoms with Gasteiger partial charge in [-0.1, -0.05) is 6.07 Å². The predicted molar refractivity (Wildman–Crippen MR) is 67.1 cm³/mol. The Morgan fingerprint density at radius 3 is 2.84 bits per heavy atom. The van der Waals surface area contributed by atoms with Gasteiger partial charge >= 0.3 is 5.97 Å². The van der Waals surface area contributed by atoms with Crippen molar-refractivity contribution in [1.29, 1.82) is 0 Å². The van der Waals surface area contributed by atoms with E-state index in [0.717, 1.165) is 6.42 Å². The van der Waals surface area contributed by atoms with E-state index in [1.807, 2.05) is 6.92 Å². The van der Waals surface area contributed by atoms with Crippen molar-refractivity contribution in [3.8, 4) is 0 Å². The summed E-state index contributed by atoms with van der Waals surface area (Å²) in [7, 11) is 0. The smallest absolute Gasteiger partial charge is 0.354 e. The van der Waals surface area contributed by atoms with Gasteiger partial charge in [-0.3, -0.25) is 4.79 Å². The molecule has 102 valence electrons. The fraction of sp³-hybridized carbons (Fsp3) is 0.462. The standard InChI is InChI=1S/C13H16N2O4/c1-8-9(5-6-19-8)7-14-12(16)10-3-2-4-11(15-10)13(17)18/h2-4,8-9H,5-7H2,1H3,(H,14,16)(H,17,18). The summed E-state index contributed by atoms with van der Waals surface area (Å²) in [6.45, 7) is 3.21. The number of aromatic nitrogens is 1. The van der Waals surface area contributed by atoms with E-state index >= 15 is 0 Å². The summed E-state index contributed by atoms with van der Waals surface area (Å²) in [4.78, 5) is 26.4. The first-order valence-corrected chi connectivity index (χ1v) is 6.18. The first kappa shape index (κ1) is 13.5. The minimum absolute atomic E-state index is 0.117. The summed E-state index contributed by atoms with van der Waals surface area (Å²) in [6.07, 6.45) is 1.06. The van der Waals surface area contributed by atoms with Crippen LogP contribution in [0.2, 0.25) is 0 Å². The first-order valence-electron chi connectivity index (χ1n) is 6.18. The van der Waals surface area contributed by atoms with Crippen molar-refractivity contribution in [2.75, 3.05) is 13.2 Å². The fourth-order valence-electron chi connectivity index (χ4n) is 2.04. The average molecular weight is 264 g/mol. The predicted octanol–water partition coefficient (Wildman–Crippen LogP) is 0.935. The van der Waals surface area contributed by atoms with E-state index in [-0.39, 0.29) is 23.4 Å². The van der Waals surface area contributed by atoms with Gasteiger partial charge < -0.3 is 15.2 Å². The van der Waals surface area contributed by atoms with Gasteiger partial charge in [0.05, 0.1) is 6.10 Å². The van der Waals surface area contributed by atoms with E-state index < -0.39 is 5.97 Å². The average Bonchev–Trinajstić information content (AvgIpc) is 2.81. The minimum atomic E-state index is -1.15. The number of rotatable bonds is 4. The molecule has 1 aliphatic heterocycles. The third-order valence-corrected chi connectivity index (χ3v) is 3.26. The number of pyridine rings is 1. The number of amides is 1. The zero-order valence-electron chi connectivity index (χ0n) is 10.6. The summed E-state index contributed by atoms with van der Waals surface area (Å²) in [6, 6.07) is 4.36. The zero-order valence-corrected chi connectivity index (χ0v) is 10.6. The Morgan fingerprint density at radius 1 is 1.47 bits per heavy atom. The number of hydrogen-bond acceptors (Lipinski definition) is 4. The number of hydrogen-bond donors (Lipinski definition) is 2.